The molecular formula is C8H16O. The van der Waals surface area contributed by atoms with E-state index in [9.17, 15) is 0 Å². The quantitative estimate of drug-likeness (QED) is 0.612. The van der Waals surface area contributed by atoms with Gasteiger partial charge in [0.15, 0.2) is 0 Å². The Hall–Kier alpha value is -0.0400. The van der Waals surface area contributed by atoms with Crippen molar-refractivity contribution in [1.82, 2.24) is 0 Å². The fraction of sp³-hybridized carbons (Fsp3) is 1.00. The lowest BCUT2D eigenvalue weighted by Crippen LogP contribution is -1.88. The summed E-state index contributed by atoms with van der Waals surface area (Å²) in [6.07, 6.45) is 5.29. The minimum Gasteiger partial charge on any atom is -0.396 e. The third-order valence-electron chi connectivity index (χ3n) is 2.23. The van der Waals surface area contributed by atoms with Gasteiger partial charge in [-0.25, -0.2) is 0 Å². The first kappa shape index (κ1) is 7.07. The van der Waals surface area contributed by atoms with Crippen LogP contribution in [-0.2, 0) is 0 Å². The molecular weight excluding hydrogens is 112 g/mol. The van der Waals surface area contributed by atoms with Crippen LogP contribution < -0.4 is 0 Å². The van der Waals surface area contributed by atoms with Crippen molar-refractivity contribution in [2.75, 3.05) is 6.61 Å². The summed E-state index contributed by atoms with van der Waals surface area (Å²) in [5, 5.41) is 8.68. The Labute approximate surface area is 57.1 Å². The van der Waals surface area contributed by atoms with Gasteiger partial charge in [-0.05, 0) is 18.3 Å². The first-order chi connectivity index (χ1) is 4.38. The molecule has 0 bridgehead atoms. The molecule has 9 heavy (non-hydrogen) atoms. The SMILES string of the molecule is CCCC[C@H]1C[C@H]1CO. The average Bonchev–Trinajstić information content (AvgIpc) is 2.62. The maximum atomic E-state index is 8.68. The number of hydrogen-bond acceptors (Lipinski definition) is 1. The zero-order valence-corrected chi connectivity index (χ0v) is 6.14. The van der Waals surface area contributed by atoms with Crippen LogP contribution in [0.1, 0.15) is 32.6 Å². The van der Waals surface area contributed by atoms with E-state index in [0.717, 1.165) is 5.92 Å². The van der Waals surface area contributed by atoms with Crippen LogP contribution in [0.2, 0.25) is 0 Å². The number of unbranched alkanes of at least 4 members (excludes halogenated alkanes) is 1. The zero-order valence-electron chi connectivity index (χ0n) is 6.14. The van der Waals surface area contributed by atoms with E-state index in [1.54, 1.807) is 0 Å². The molecule has 0 aliphatic heterocycles. The first-order valence-corrected chi connectivity index (χ1v) is 3.99. The molecule has 0 aromatic heterocycles. The highest BCUT2D eigenvalue weighted by molar-refractivity contribution is 4.84. The van der Waals surface area contributed by atoms with Crippen molar-refractivity contribution >= 4 is 0 Å². The van der Waals surface area contributed by atoms with Crippen LogP contribution in [0.4, 0.5) is 0 Å². The topological polar surface area (TPSA) is 20.2 Å². The zero-order chi connectivity index (χ0) is 6.69. The highest BCUT2D eigenvalue weighted by atomic mass is 16.3. The maximum Gasteiger partial charge on any atom is 0.0462 e. The Morgan fingerprint density at radius 2 is 2.22 bits per heavy atom. The average molecular weight is 128 g/mol. The van der Waals surface area contributed by atoms with Crippen molar-refractivity contribution in [2.45, 2.75) is 32.6 Å². The van der Waals surface area contributed by atoms with Crippen LogP contribution in [0, 0.1) is 11.8 Å². The van der Waals surface area contributed by atoms with Gasteiger partial charge in [0.1, 0.15) is 0 Å². The molecule has 1 saturated carbocycles. The predicted octanol–water partition coefficient (Wildman–Crippen LogP) is 1.81. The van der Waals surface area contributed by atoms with Crippen LogP contribution in [0.15, 0.2) is 0 Å². The second-order valence-electron chi connectivity index (χ2n) is 3.08. The first-order valence-electron chi connectivity index (χ1n) is 3.99. The molecule has 1 heteroatoms. The van der Waals surface area contributed by atoms with Gasteiger partial charge < -0.3 is 5.11 Å². The molecule has 0 amide bonds. The highest BCUT2D eigenvalue weighted by Crippen LogP contribution is 2.41. The van der Waals surface area contributed by atoms with Gasteiger partial charge in [-0.3, -0.25) is 0 Å². The van der Waals surface area contributed by atoms with E-state index in [1.165, 1.54) is 25.7 Å². The second kappa shape index (κ2) is 3.21. The van der Waals surface area contributed by atoms with Crippen molar-refractivity contribution in [3.05, 3.63) is 0 Å². The normalized spacial score (nSPS) is 32.7. The third-order valence-corrected chi connectivity index (χ3v) is 2.23. The molecule has 2 atom stereocenters. The van der Waals surface area contributed by atoms with Crippen molar-refractivity contribution in [3.63, 3.8) is 0 Å². The van der Waals surface area contributed by atoms with E-state index < -0.39 is 0 Å². The minimum atomic E-state index is 0.425. The van der Waals surface area contributed by atoms with Gasteiger partial charge in [-0.2, -0.15) is 0 Å². The summed E-state index contributed by atoms with van der Waals surface area (Å²) >= 11 is 0. The molecule has 0 spiro atoms. The molecule has 0 heterocycles. The Bertz CT molecular complexity index is 80.6. The molecule has 54 valence electrons. The van der Waals surface area contributed by atoms with E-state index in [0.29, 0.717) is 12.5 Å². The number of rotatable bonds is 4. The van der Waals surface area contributed by atoms with Crippen LogP contribution in [0.25, 0.3) is 0 Å². The highest BCUT2D eigenvalue weighted by Gasteiger charge is 2.34. The molecule has 0 aromatic carbocycles. The molecule has 0 radical (unpaired) electrons. The summed E-state index contributed by atoms with van der Waals surface area (Å²) in [6.45, 7) is 2.64. The van der Waals surface area contributed by atoms with E-state index in [4.69, 9.17) is 5.11 Å². The van der Waals surface area contributed by atoms with Crippen molar-refractivity contribution in [1.29, 1.82) is 0 Å². The molecule has 0 saturated heterocycles. The fourth-order valence-electron chi connectivity index (χ4n) is 1.35. The van der Waals surface area contributed by atoms with E-state index in [2.05, 4.69) is 6.92 Å². The number of aliphatic hydroxyl groups excluding tert-OH is 1. The molecule has 1 aliphatic carbocycles. The monoisotopic (exact) mass is 128 g/mol. The van der Waals surface area contributed by atoms with Crippen LogP contribution in [0.5, 0.6) is 0 Å². The van der Waals surface area contributed by atoms with Gasteiger partial charge in [0.25, 0.3) is 0 Å². The van der Waals surface area contributed by atoms with Gasteiger partial charge >= 0.3 is 0 Å². The summed E-state index contributed by atoms with van der Waals surface area (Å²) in [5.74, 6) is 1.56. The lowest BCUT2D eigenvalue weighted by atomic mass is 10.1. The summed E-state index contributed by atoms with van der Waals surface area (Å²) < 4.78 is 0. The fourth-order valence-corrected chi connectivity index (χ4v) is 1.35. The van der Waals surface area contributed by atoms with Gasteiger partial charge in [0.2, 0.25) is 0 Å². The van der Waals surface area contributed by atoms with Gasteiger partial charge in [-0.15, -0.1) is 0 Å². The van der Waals surface area contributed by atoms with Crippen molar-refractivity contribution < 1.29 is 5.11 Å². The van der Waals surface area contributed by atoms with E-state index in [-0.39, 0.29) is 0 Å². The molecule has 1 N–H and O–H groups in total. The van der Waals surface area contributed by atoms with Gasteiger partial charge in [0, 0.05) is 6.61 Å². The summed E-state index contributed by atoms with van der Waals surface area (Å²) in [6, 6.07) is 0. The largest absolute Gasteiger partial charge is 0.396 e. The Morgan fingerprint density at radius 1 is 1.44 bits per heavy atom. The standard InChI is InChI=1S/C8H16O/c1-2-3-4-7-5-8(7)6-9/h7-9H,2-6H2,1H3/t7-,8-/m0/s1. The lowest BCUT2D eigenvalue weighted by Gasteiger charge is -1.93. The van der Waals surface area contributed by atoms with Crippen molar-refractivity contribution in [2.24, 2.45) is 11.8 Å². The molecule has 1 fully saturated rings. The van der Waals surface area contributed by atoms with Crippen LogP contribution >= 0.6 is 0 Å². The van der Waals surface area contributed by atoms with Gasteiger partial charge in [0.05, 0.1) is 0 Å². The van der Waals surface area contributed by atoms with Crippen molar-refractivity contribution in [3.8, 4) is 0 Å². The van der Waals surface area contributed by atoms with Crippen LogP contribution in [-0.4, -0.2) is 11.7 Å². The third kappa shape index (κ3) is 1.98. The number of aliphatic hydroxyl groups is 1. The van der Waals surface area contributed by atoms with Crippen LogP contribution in [0.3, 0.4) is 0 Å². The Balaban J connectivity index is 1.92. The maximum absolute atomic E-state index is 8.68. The Kier molecular flexibility index (Phi) is 2.52. The summed E-state index contributed by atoms with van der Waals surface area (Å²) in [5.41, 5.74) is 0. The number of hydrogen-bond donors (Lipinski definition) is 1. The summed E-state index contributed by atoms with van der Waals surface area (Å²) in [4.78, 5) is 0. The molecule has 0 unspecified atom stereocenters. The van der Waals surface area contributed by atoms with Gasteiger partial charge in [-0.1, -0.05) is 26.2 Å². The molecule has 0 aromatic rings. The predicted molar refractivity (Wildman–Crippen MR) is 38.2 cm³/mol. The van der Waals surface area contributed by atoms with E-state index >= 15 is 0 Å². The summed E-state index contributed by atoms with van der Waals surface area (Å²) in [7, 11) is 0. The smallest absolute Gasteiger partial charge is 0.0462 e. The Morgan fingerprint density at radius 3 is 2.67 bits per heavy atom. The lowest BCUT2D eigenvalue weighted by molar-refractivity contribution is 0.267. The second-order valence-corrected chi connectivity index (χ2v) is 3.08. The minimum absolute atomic E-state index is 0.425. The molecule has 1 nitrogen and oxygen atoms in total. The van der Waals surface area contributed by atoms with E-state index in [1.807, 2.05) is 0 Å². The molecule has 1 rings (SSSR count). The molecule has 1 aliphatic rings.